The molecule has 0 fully saturated rings. The third-order valence-corrected chi connectivity index (χ3v) is 1.98. The molecule has 0 heterocycles. The minimum Gasteiger partial charge on any atom is -0.130 e. The van der Waals surface area contributed by atoms with Crippen LogP contribution in [0.15, 0.2) is 29.2 Å². The van der Waals surface area contributed by atoms with Gasteiger partial charge < -0.3 is 0 Å². The van der Waals surface area contributed by atoms with Crippen molar-refractivity contribution in [2.45, 2.75) is 4.90 Å². The van der Waals surface area contributed by atoms with Gasteiger partial charge >= 0.3 is 0 Å². The predicted molar refractivity (Wildman–Crippen MR) is 44.5 cm³/mol. The summed E-state index contributed by atoms with van der Waals surface area (Å²) in [5, 5.41) is 0. The Hall–Kier alpha value is -0.870. The van der Waals surface area contributed by atoms with E-state index in [0.717, 1.165) is 5.56 Å². The van der Waals surface area contributed by atoms with Gasteiger partial charge in [0.1, 0.15) is 0 Å². The van der Waals surface area contributed by atoms with Crippen LogP contribution in [-0.2, 0) is 0 Å². The lowest BCUT2D eigenvalue weighted by Crippen LogP contribution is -1.72. The zero-order chi connectivity index (χ0) is 7.40. The molecule has 1 rings (SSSR count). The molecular formula is C9H7S. The molecule has 1 radical (unpaired) electrons. The van der Waals surface area contributed by atoms with E-state index in [1.54, 1.807) is 11.8 Å². The summed E-state index contributed by atoms with van der Waals surface area (Å²) in [6.07, 6.45) is 8.85. The SMILES string of the molecule is [C]#Cc1ccc(SC)cc1. The van der Waals surface area contributed by atoms with Crippen LogP contribution < -0.4 is 0 Å². The van der Waals surface area contributed by atoms with E-state index in [2.05, 4.69) is 5.92 Å². The molecule has 0 unspecified atom stereocenters. The second-order valence-electron chi connectivity index (χ2n) is 1.85. The van der Waals surface area contributed by atoms with E-state index >= 15 is 0 Å². The van der Waals surface area contributed by atoms with Crippen LogP contribution in [0.25, 0.3) is 0 Å². The van der Waals surface area contributed by atoms with Gasteiger partial charge in [-0.2, -0.15) is 0 Å². The quantitative estimate of drug-likeness (QED) is 0.434. The minimum atomic E-state index is 0.831. The molecule has 0 N–H and O–H groups in total. The lowest BCUT2D eigenvalue weighted by atomic mass is 10.2. The Bertz CT molecular complexity index is 240. The molecular weight excluding hydrogens is 140 g/mol. The lowest BCUT2D eigenvalue weighted by molar-refractivity contribution is 1.45. The molecule has 1 heteroatoms. The second kappa shape index (κ2) is 3.34. The monoisotopic (exact) mass is 147 g/mol. The largest absolute Gasteiger partial charge is 0.130 e. The molecule has 0 atom stereocenters. The highest BCUT2D eigenvalue weighted by Gasteiger charge is 1.87. The van der Waals surface area contributed by atoms with Crippen LogP contribution in [0.3, 0.4) is 0 Å². The fourth-order valence-electron chi connectivity index (χ4n) is 0.674. The van der Waals surface area contributed by atoms with E-state index in [1.165, 1.54) is 4.90 Å². The first-order chi connectivity index (χ1) is 4.86. The zero-order valence-corrected chi connectivity index (χ0v) is 6.53. The highest BCUT2D eigenvalue weighted by Crippen LogP contribution is 2.13. The van der Waals surface area contributed by atoms with Gasteiger partial charge in [0.05, 0.1) is 0 Å². The first-order valence-corrected chi connectivity index (χ1v) is 4.16. The van der Waals surface area contributed by atoms with Gasteiger partial charge in [-0.3, -0.25) is 0 Å². The average molecular weight is 147 g/mol. The van der Waals surface area contributed by atoms with Crippen molar-refractivity contribution in [1.29, 1.82) is 0 Å². The molecule has 49 valence electrons. The summed E-state index contributed by atoms with van der Waals surface area (Å²) in [5.41, 5.74) is 0.831. The van der Waals surface area contributed by atoms with Gasteiger partial charge in [0, 0.05) is 10.5 Å². The van der Waals surface area contributed by atoms with Crippen LogP contribution in [0.1, 0.15) is 5.56 Å². The van der Waals surface area contributed by atoms with Crippen molar-refractivity contribution in [2.75, 3.05) is 6.26 Å². The van der Waals surface area contributed by atoms with Gasteiger partial charge in [-0.1, -0.05) is 5.92 Å². The van der Waals surface area contributed by atoms with Crippen molar-refractivity contribution in [3.63, 3.8) is 0 Å². The number of rotatable bonds is 1. The highest BCUT2D eigenvalue weighted by atomic mass is 32.2. The van der Waals surface area contributed by atoms with Gasteiger partial charge in [0.25, 0.3) is 0 Å². The molecule has 0 bridgehead atoms. The van der Waals surface area contributed by atoms with E-state index in [0.29, 0.717) is 0 Å². The van der Waals surface area contributed by atoms with E-state index in [1.807, 2.05) is 30.5 Å². The number of benzene rings is 1. The van der Waals surface area contributed by atoms with Crippen LogP contribution in [0.4, 0.5) is 0 Å². The van der Waals surface area contributed by atoms with Gasteiger partial charge in [-0.25, -0.2) is 0 Å². The maximum Gasteiger partial charge on any atom is 0.0256 e. The number of thioether (sulfide) groups is 1. The summed E-state index contributed by atoms with van der Waals surface area (Å²) >= 11 is 1.70. The third kappa shape index (κ3) is 1.55. The zero-order valence-electron chi connectivity index (χ0n) is 5.72. The predicted octanol–water partition coefficient (Wildman–Crippen LogP) is 2.35. The van der Waals surface area contributed by atoms with Crippen LogP contribution >= 0.6 is 11.8 Å². The molecule has 0 aromatic heterocycles. The molecule has 10 heavy (non-hydrogen) atoms. The maximum absolute atomic E-state index is 6.81. The molecule has 0 spiro atoms. The number of hydrogen-bond donors (Lipinski definition) is 0. The first kappa shape index (κ1) is 7.24. The van der Waals surface area contributed by atoms with E-state index in [-0.39, 0.29) is 0 Å². The van der Waals surface area contributed by atoms with Crippen molar-refractivity contribution in [3.8, 4) is 5.92 Å². The second-order valence-corrected chi connectivity index (χ2v) is 2.73. The topological polar surface area (TPSA) is 0 Å². The van der Waals surface area contributed by atoms with E-state index < -0.39 is 0 Å². The Morgan fingerprint density at radius 2 is 1.90 bits per heavy atom. The molecule has 0 nitrogen and oxygen atoms in total. The summed E-state index contributed by atoms with van der Waals surface area (Å²) in [5.74, 6) is 2.32. The van der Waals surface area contributed by atoms with Crippen LogP contribution in [0.5, 0.6) is 0 Å². The van der Waals surface area contributed by atoms with Crippen LogP contribution in [0, 0.1) is 12.3 Å². The normalized spacial score (nSPS) is 8.80. The molecule has 0 aliphatic heterocycles. The number of hydrogen-bond acceptors (Lipinski definition) is 1. The Morgan fingerprint density at radius 3 is 2.30 bits per heavy atom. The maximum atomic E-state index is 6.81. The van der Waals surface area contributed by atoms with E-state index in [9.17, 15) is 0 Å². The van der Waals surface area contributed by atoms with Gasteiger partial charge in [-0.05, 0) is 36.9 Å². The molecule has 1 aromatic carbocycles. The smallest absolute Gasteiger partial charge is 0.0256 e. The summed E-state index contributed by atoms with van der Waals surface area (Å²) in [4.78, 5) is 1.22. The lowest BCUT2D eigenvalue weighted by Gasteiger charge is -1.93. The van der Waals surface area contributed by atoms with E-state index in [4.69, 9.17) is 6.42 Å². The summed E-state index contributed by atoms with van der Waals surface area (Å²) in [6, 6.07) is 7.75. The van der Waals surface area contributed by atoms with Crippen LogP contribution in [0.2, 0.25) is 0 Å². The fraction of sp³-hybridized carbons (Fsp3) is 0.111. The first-order valence-electron chi connectivity index (χ1n) is 2.93. The molecule has 0 aliphatic rings. The Labute approximate surface area is 65.6 Å². The van der Waals surface area contributed by atoms with Crippen molar-refractivity contribution in [1.82, 2.24) is 0 Å². The van der Waals surface area contributed by atoms with Gasteiger partial charge in [0.2, 0.25) is 0 Å². The summed E-state index contributed by atoms with van der Waals surface area (Å²) in [7, 11) is 0. The Kier molecular flexibility index (Phi) is 2.42. The highest BCUT2D eigenvalue weighted by molar-refractivity contribution is 7.98. The molecule has 0 saturated carbocycles. The molecule has 1 aromatic rings. The summed E-state index contributed by atoms with van der Waals surface area (Å²) in [6.45, 7) is 0. The van der Waals surface area contributed by atoms with Gasteiger partial charge in [-0.15, -0.1) is 11.8 Å². The van der Waals surface area contributed by atoms with Crippen molar-refractivity contribution < 1.29 is 0 Å². The molecule has 0 amide bonds. The average Bonchev–Trinajstić information content (AvgIpc) is 2.05. The van der Waals surface area contributed by atoms with Crippen molar-refractivity contribution in [2.24, 2.45) is 0 Å². The van der Waals surface area contributed by atoms with Gasteiger partial charge in [0.15, 0.2) is 0 Å². The fourth-order valence-corrected chi connectivity index (χ4v) is 1.08. The Balaban J connectivity index is 2.93. The standard InChI is InChI=1S/C9H7S/c1-3-8-4-6-9(10-2)7-5-8/h4-7H,2H3. The Morgan fingerprint density at radius 1 is 1.30 bits per heavy atom. The summed E-state index contributed by atoms with van der Waals surface area (Å²) < 4.78 is 0. The minimum absolute atomic E-state index is 0.831. The third-order valence-electron chi connectivity index (χ3n) is 1.23. The van der Waals surface area contributed by atoms with Crippen LogP contribution in [-0.4, -0.2) is 6.26 Å². The molecule has 0 aliphatic carbocycles. The van der Waals surface area contributed by atoms with Crippen molar-refractivity contribution >= 4 is 11.8 Å². The van der Waals surface area contributed by atoms with Crippen molar-refractivity contribution in [3.05, 3.63) is 36.3 Å². The molecule has 0 saturated heterocycles.